The van der Waals surface area contributed by atoms with Gasteiger partial charge in [0.25, 0.3) is 5.91 Å². The van der Waals surface area contributed by atoms with Gasteiger partial charge in [0.15, 0.2) is 11.5 Å². The molecule has 0 N–H and O–H groups in total. The van der Waals surface area contributed by atoms with Crippen molar-refractivity contribution in [3.05, 3.63) is 58.7 Å². The van der Waals surface area contributed by atoms with E-state index in [0.29, 0.717) is 17.0 Å². The lowest BCUT2D eigenvalue weighted by molar-refractivity contribution is 0.0979. The molecule has 5 heteroatoms. The van der Waals surface area contributed by atoms with Crippen LogP contribution in [0.5, 0.6) is 0 Å². The summed E-state index contributed by atoms with van der Waals surface area (Å²) in [4.78, 5) is 22.5. The van der Waals surface area contributed by atoms with Gasteiger partial charge in [-0.2, -0.15) is 0 Å². The van der Waals surface area contributed by atoms with Gasteiger partial charge in [0, 0.05) is 16.1 Å². The minimum Gasteiger partial charge on any atom is -0.268 e. The highest BCUT2D eigenvalue weighted by atomic mass is 79.9. The fourth-order valence-corrected chi connectivity index (χ4v) is 2.58. The molecule has 0 saturated heterocycles. The number of carbonyl (C=O) groups is 1. The van der Waals surface area contributed by atoms with Gasteiger partial charge in [0.05, 0.1) is 11.3 Å². The Bertz CT molecular complexity index is 845. The van der Waals surface area contributed by atoms with Gasteiger partial charge in [-0.25, -0.2) is 9.97 Å². The summed E-state index contributed by atoms with van der Waals surface area (Å²) >= 11 is 3.38. The number of nitrogens with zero attached hydrogens (tertiary/aromatic N) is 3. The fourth-order valence-electron chi connectivity index (χ4n) is 2.32. The first-order valence-corrected chi connectivity index (χ1v) is 6.89. The lowest BCUT2D eigenvalue weighted by Gasteiger charge is -2.32. The molecule has 2 aromatic heterocycles. The number of fused-ring (bicyclic) bond motifs is 2. The van der Waals surface area contributed by atoms with E-state index in [1.54, 1.807) is 11.1 Å². The SMILES string of the molecule is O=C1c2cc3cccnc3nc2N1c1ccc(Br)cc1. The molecule has 3 heterocycles. The summed E-state index contributed by atoms with van der Waals surface area (Å²) in [6, 6.07) is 13.2. The van der Waals surface area contributed by atoms with Gasteiger partial charge < -0.3 is 0 Å². The highest BCUT2D eigenvalue weighted by molar-refractivity contribution is 9.10. The maximum atomic E-state index is 12.2. The molecule has 0 unspecified atom stereocenters. The van der Waals surface area contributed by atoms with Gasteiger partial charge in [0.2, 0.25) is 0 Å². The van der Waals surface area contributed by atoms with Crippen molar-refractivity contribution in [2.24, 2.45) is 0 Å². The molecule has 0 fully saturated rings. The number of benzene rings is 1. The quantitative estimate of drug-likeness (QED) is 0.685. The number of rotatable bonds is 1. The van der Waals surface area contributed by atoms with E-state index in [9.17, 15) is 4.79 Å². The molecular weight excluding hydrogens is 318 g/mol. The zero-order valence-electron chi connectivity index (χ0n) is 10.2. The summed E-state index contributed by atoms with van der Waals surface area (Å²) in [7, 11) is 0. The molecule has 20 heavy (non-hydrogen) atoms. The second kappa shape index (κ2) is 4.11. The zero-order valence-corrected chi connectivity index (χ0v) is 11.8. The van der Waals surface area contributed by atoms with Gasteiger partial charge in [-0.3, -0.25) is 9.69 Å². The molecule has 96 valence electrons. The summed E-state index contributed by atoms with van der Waals surface area (Å²) < 4.78 is 0.975. The molecular formula is C15H8BrN3O. The van der Waals surface area contributed by atoms with Gasteiger partial charge in [-0.15, -0.1) is 0 Å². The standard InChI is InChI=1S/C15H8BrN3O/c16-10-3-5-11(6-4-10)19-14-12(15(19)20)8-9-2-1-7-17-13(9)18-14/h1-8H. The number of pyridine rings is 2. The number of amides is 1. The van der Waals surface area contributed by atoms with Gasteiger partial charge in [0.1, 0.15) is 0 Å². The lowest BCUT2D eigenvalue weighted by Crippen LogP contribution is -2.37. The van der Waals surface area contributed by atoms with Crippen LogP contribution in [-0.2, 0) is 0 Å². The Balaban J connectivity index is 1.87. The monoisotopic (exact) mass is 325 g/mol. The van der Waals surface area contributed by atoms with Crippen LogP contribution in [0.4, 0.5) is 11.5 Å². The fraction of sp³-hybridized carbons (Fsp3) is 0. The summed E-state index contributed by atoms with van der Waals surface area (Å²) in [5.41, 5.74) is 2.11. The third kappa shape index (κ3) is 1.56. The van der Waals surface area contributed by atoms with E-state index in [4.69, 9.17) is 0 Å². The third-order valence-electron chi connectivity index (χ3n) is 3.30. The van der Waals surface area contributed by atoms with Crippen molar-refractivity contribution in [1.29, 1.82) is 0 Å². The smallest absolute Gasteiger partial charge is 0.267 e. The summed E-state index contributed by atoms with van der Waals surface area (Å²) in [6.07, 6.45) is 1.70. The molecule has 4 nitrogen and oxygen atoms in total. The van der Waals surface area contributed by atoms with Crippen LogP contribution in [0.3, 0.4) is 0 Å². The Labute approximate surface area is 123 Å². The molecule has 0 radical (unpaired) electrons. The normalized spacial score (nSPS) is 13.2. The van der Waals surface area contributed by atoms with Gasteiger partial charge in [-0.1, -0.05) is 15.9 Å². The van der Waals surface area contributed by atoms with E-state index in [1.165, 1.54) is 0 Å². The first-order valence-electron chi connectivity index (χ1n) is 6.10. The first-order chi connectivity index (χ1) is 9.74. The Hall–Kier alpha value is -2.27. The number of carbonyl (C=O) groups excluding carboxylic acids is 1. The van der Waals surface area contributed by atoms with Crippen LogP contribution in [0.25, 0.3) is 11.0 Å². The van der Waals surface area contributed by atoms with Crippen LogP contribution in [0.1, 0.15) is 10.4 Å². The van der Waals surface area contributed by atoms with E-state index >= 15 is 0 Å². The molecule has 1 aromatic carbocycles. The average molecular weight is 326 g/mol. The Morgan fingerprint density at radius 2 is 1.90 bits per heavy atom. The van der Waals surface area contributed by atoms with Gasteiger partial charge >= 0.3 is 0 Å². The van der Waals surface area contributed by atoms with Crippen LogP contribution >= 0.6 is 15.9 Å². The van der Waals surface area contributed by atoms with Crippen molar-refractivity contribution in [3.8, 4) is 0 Å². The van der Waals surface area contributed by atoms with Crippen molar-refractivity contribution >= 4 is 44.4 Å². The Morgan fingerprint density at radius 1 is 1.10 bits per heavy atom. The van der Waals surface area contributed by atoms with E-state index < -0.39 is 0 Å². The summed E-state index contributed by atoms with van der Waals surface area (Å²) in [5.74, 6) is 0.643. The third-order valence-corrected chi connectivity index (χ3v) is 3.83. The van der Waals surface area contributed by atoms with Crippen LogP contribution in [-0.4, -0.2) is 15.9 Å². The molecule has 1 amide bonds. The van der Waals surface area contributed by atoms with E-state index in [-0.39, 0.29) is 5.91 Å². The molecule has 0 bridgehead atoms. The maximum Gasteiger partial charge on any atom is 0.267 e. The molecule has 3 aromatic rings. The number of halogens is 1. The number of aromatic nitrogens is 2. The topological polar surface area (TPSA) is 46.1 Å². The maximum absolute atomic E-state index is 12.2. The van der Waals surface area contributed by atoms with E-state index in [1.807, 2.05) is 42.5 Å². The van der Waals surface area contributed by atoms with Crippen molar-refractivity contribution in [2.75, 3.05) is 4.90 Å². The second-order valence-corrected chi connectivity index (χ2v) is 5.44. The molecule has 0 spiro atoms. The number of anilines is 2. The molecule has 0 aliphatic carbocycles. The predicted octanol–water partition coefficient (Wildman–Crippen LogP) is 3.68. The molecule has 1 aliphatic rings. The molecule has 0 saturated carbocycles. The van der Waals surface area contributed by atoms with Crippen LogP contribution in [0.2, 0.25) is 0 Å². The average Bonchev–Trinajstić information content (AvgIpc) is 2.48. The minimum atomic E-state index is -0.0272. The zero-order chi connectivity index (χ0) is 13.7. The highest BCUT2D eigenvalue weighted by Crippen LogP contribution is 2.39. The molecule has 4 rings (SSSR count). The molecule has 1 aliphatic heterocycles. The molecule has 0 atom stereocenters. The van der Waals surface area contributed by atoms with Crippen LogP contribution < -0.4 is 4.90 Å². The van der Waals surface area contributed by atoms with Crippen molar-refractivity contribution < 1.29 is 4.79 Å². The minimum absolute atomic E-state index is 0.0272. The summed E-state index contributed by atoms with van der Waals surface area (Å²) in [5, 5.41) is 0.884. The Morgan fingerprint density at radius 3 is 2.70 bits per heavy atom. The second-order valence-electron chi connectivity index (χ2n) is 4.53. The first kappa shape index (κ1) is 11.5. The Kier molecular flexibility index (Phi) is 2.37. The lowest BCUT2D eigenvalue weighted by atomic mass is 10.0. The predicted molar refractivity (Wildman–Crippen MR) is 80.1 cm³/mol. The van der Waals surface area contributed by atoms with Crippen LogP contribution in [0, 0.1) is 0 Å². The van der Waals surface area contributed by atoms with Crippen molar-refractivity contribution in [2.45, 2.75) is 0 Å². The summed E-state index contributed by atoms with van der Waals surface area (Å²) in [6.45, 7) is 0. The number of hydrogen-bond acceptors (Lipinski definition) is 3. The number of hydrogen-bond donors (Lipinski definition) is 0. The van der Waals surface area contributed by atoms with Gasteiger partial charge in [-0.05, 0) is 42.5 Å². The van der Waals surface area contributed by atoms with Crippen molar-refractivity contribution in [1.82, 2.24) is 9.97 Å². The van der Waals surface area contributed by atoms with Crippen molar-refractivity contribution in [3.63, 3.8) is 0 Å². The van der Waals surface area contributed by atoms with E-state index in [0.717, 1.165) is 15.5 Å². The van der Waals surface area contributed by atoms with Crippen LogP contribution in [0.15, 0.2) is 53.1 Å². The largest absolute Gasteiger partial charge is 0.268 e. The van der Waals surface area contributed by atoms with E-state index in [2.05, 4.69) is 25.9 Å². The highest BCUT2D eigenvalue weighted by Gasteiger charge is 2.36.